The molecule has 2 aliphatic rings. The van der Waals surface area contributed by atoms with E-state index < -0.39 is 0 Å². The molecule has 0 aromatic heterocycles. The van der Waals surface area contributed by atoms with E-state index in [4.69, 9.17) is 0 Å². The van der Waals surface area contributed by atoms with E-state index in [1.165, 1.54) is 55.7 Å². The van der Waals surface area contributed by atoms with E-state index in [1.54, 1.807) is 0 Å². The third-order valence-corrected chi connectivity index (χ3v) is 5.36. The monoisotopic (exact) mass is 286 g/mol. The molecule has 1 saturated heterocycles. The Hall–Kier alpha value is -1.18. The van der Waals surface area contributed by atoms with Crippen molar-refractivity contribution in [2.24, 2.45) is 11.3 Å². The number of hydrogen-bond acceptors (Lipinski definition) is 2. The molecule has 1 aliphatic carbocycles. The van der Waals surface area contributed by atoms with Gasteiger partial charge in [-0.3, -0.25) is 0 Å². The summed E-state index contributed by atoms with van der Waals surface area (Å²) >= 11 is 0. The minimum atomic E-state index is 0.487. The summed E-state index contributed by atoms with van der Waals surface area (Å²) in [7, 11) is 0. The molecule has 2 fully saturated rings. The molecule has 1 N–H and O–H groups in total. The van der Waals surface area contributed by atoms with Crippen LogP contribution in [0, 0.1) is 18.3 Å². The Morgan fingerprint density at radius 3 is 2.43 bits per heavy atom. The third-order valence-electron chi connectivity index (χ3n) is 5.36. The van der Waals surface area contributed by atoms with Gasteiger partial charge in [-0.25, -0.2) is 0 Å². The van der Waals surface area contributed by atoms with Crippen LogP contribution in [0.5, 0.6) is 0 Å². The summed E-state index contributed by atoms with van der Waals surface area (Å²) in [5.74, 6) is 0.762. The van der Waals surface area contributed by atoms with Gasteiger partial charge in [0.15, 0.2) is 0 Å². The first kappa shape index (κ1) is 14.7. The number of aryl methyl sites for hydroxylation is 1. The molecule has 2 heteroatoms. The molecule has 0 radical (unpaired) electrons. The normalized spacial score (nSPS) is 28.1. The topological polar surface area (TPSA) is 15.3 Å². The van der Waals surface area contributed by atoms with Crippen molar-refractivity contribution in [1.82, 2.24) is 0 Å². The number of nitrogens with one attached hydrogen (secondary N) is 1. The first-order valence-corrected chi connectivity index (χ1v) is 8.57. The second kappa shape index (κ2) is 5.55. The van der Waals surface area contributed by atoms with Crippen LogP contribution in [0.1, 0.15) is 52.0 Å². The summed E-state index contributed by atoms with van der Waals surface area (Å²) < 4.78 is 0. The van der Waals surface area contributed by atoms with E-state index in [1.807, 2.05) is 0 Å². The van der Waals surface area contributed by atoms with Gasteiger partial charge >= 0.3 is 0 Å². The van der Waals surface area contributed by atoms with Crippen LogP contribution in [0.3, 0.4) is 0 Å². The van der Waals surface area contributed by atoms with Gasteiger partial charge in [0.05, 0.1) is 0 Å². The fraction of sp³-hybridized carbons (Fsp3) is 0.684. The van der Waals surface area contributed by atoms with Crippen molar-refractivity contribution in [3.63, 3.8) is 0 Å². The number of anilines is 2. The molecule has 2 nitrogen and oxygen atoms in total. The van der Waals surface area contributed by atoms with E-state index in [9.17, 15) is 0 Å². The van der Waals surface area contributed by atoms with E-state index in [-0.39, 0.29) is 0 Å². The van der Waals surface area contributed by atoms with Crippen LogP contribution in [0.4, 0.5) is 11.4 Å². The maximum absolute atomic E-state index is 3.81. The first-order valence-electron chi connectivity index (χ1n) is 8.57. The molecular formula is C19H30N2. The Labute approximate surface area is 129 Å². The molecule has 21 heavy (non-hydrogen) atoms. The molecule has 1 heterocycles. The minimum Gasteiger partial charge on any atom is -0.382 e. The molecular weight excluding hydrogens is 256 g/mol. The summed E-state index contributed by atoms with van der Waals surface area (Å²) in [6.07, 6.45) is 5.29. The molecule has 3 rings (SSSR count). The Bertz CT molecular complexity index is 500. The molecule has 2 unspecified atom stereocenters. The number of nitrogens with zero attached hydrogens (tertiary/aromatic N) is 1. The zero-order valence-electron chi connectivity index (χ0n) is 14.1. The maximum atomic E-state index is 3.81. The molecule has 2 atom stereocenters. The Balaban J connectivity index is 1.71. The zero-order valence-corrected chi connectivity index (χ0v) is 14.1. The predicted molar refractivity (Wildman–Crippen MR) is 92.2 cm³/mol. The number of hydrogen-bond donors (Lipinski definition) is 1. The van der Waals surface area contributed by atoms with Crippen molar-refractivity contribution in [2.45, 2.75) is 59.4 Å². The largest absolute Gasteiger partial charge is 0.382 e. The second-order valence-corrected chi connectivity index (χ2v) is 7.99. The van der Waals surface area contributed by atoms with E-state index in [2.05, 4.69) is 56.1 Å². The maximum Gasteiger partial charge on any atom is 0.0373 e. The highest BCUT2D eigenvalue weighted by Gasteiger charge is 2.36. The molecule has 1 aromatic rings. The number of rotatable bonds is 3. The van der Waals surface area contributed by atoms with Crippen LogP contribution < -0.4 is 10.2 Å². The lowest BCUT2D eigenvalue weighted by Crippen LogP contribution is -2.23. The highest BCUT2D eigenvalue weighted by atomic mass is 15.1. The van der Waals surface area contributed by atoms with Gasteiger partial charge in [-0.1, -0.05) is 20.8 Å². The van der Waals surface area contributed by atoms with Crippen LogP contribution in [-0.4, -0.2) is 19.1 Å². The van der Waals surface area contributed by atoms with E-state index >= 15 is 0 Å². The molecule has 116 valence electrons. The van der Waals surface area contributed by atoms with Crippen LogP contribution >= 0.6 is 0 Å². The van der Waals surface area contributed by atoms with Gasteiger partial charge in [0.1, 0.15) is 0 Å². The fourth-order valence-electron chi connectivity index (χ4n) is 4.27. The first-order chi connectivity index (χ1) is 9.94. The fourth-order valence-corrected chi connectivity index (χ4v) is 4.27. The van der Waals surface area contributed by atoms with Crippen molar-refractivity contribution < 1.29 is 0 Å². The van der Waals surface area contributed by atoms with E-state index in [0.29, 0.717) is 11.5 Å². The summed E-state index contributed by atoms with van der Waals surface area (Å²) in [5.41, 5.74) is 4.60. The van der Waals surface area contributed by atoms with Crippen molar-refractivity contribution in [2.75, 3.05) is 23.3 Å². The van der Waals surface area contributed by atoms with Gasteiger partial charge < -0.3 is 10.2 Å². The lowest BCUT2D eigenvalue weighted by atomic mass is 9.91. The molecule has 1 aliphatic heterocycles. The van der Waals surface area contributed by atoms with Gasteiger partial charge in [0, 0.05) is 30.5 Å². The SMILES string of the molecule is Cc1cc(N2CCCC2)ccc1NC1CC(C)(C)CC1C. The molecule has 1 saturated carbocycles. The second-order valence-electron chi connectivity index (χ2n) is 7.99. The zero-order chi connectivity index (χ0) is 15.0. The van der Waals surface area contributed by atoms with Gasteiger partial charge in [-0.15, -0.1) is 0 Å². The molecule has 0 amide bonds. The van der Waals surface area contributed by atoms with Gasteiger partial charge in [-0.2, -0.15) is 0 Å². The van der Waals surface area contributed by atoms with Crippen LogP contribution in [0.15, 0.2) is 18.2 Å². The van der Waals surface area contributed by atoms with Gasteiger partial charge in [-0.05, 0) is 67.7 Å². The smallest absolute Gasteiger partial charge is 0.0373 e. The van der Waals surface area contributed by atoms with Gasteiger partial charge in [0.2, 0.25) is 0 Å². The third kappa shape index (κ3) is 3.20. The van der Waals surface area contributed by atoms with Gasteiger partial charge in [0.25, 0.3) is 0 Å². The van der Waals surface area contributed by atoms with Crippen molar-refractivity contribution in [3.8, 4) is 0 Å². The quantitative estimate of drug-likeness (QED) is 0.856. The minimum absolute atomic E-state index is 0.487. The van der Waals surface area contributed by atoms with Crippen molar-refractivity contribution in [3.05, 3.63) is 23.8 Å². The molecule has 0 spiro atoms. The van der Waals surface area contributed by atoms with Crippen molar-refractivity contribution in [1.29, 1.82) is 0 Å². The van der Waals surface area contributed by atoms with Crippen LogP contribution in [0.25, 0.3) is 0 Å². The molecule has 0 bridgehead atoms. The summed E-state index contributed by atoms with van der Waals surface area (Å²) in [4.78, 5) is 2.51. The summed E-state index contributed by atoms with van der Waals surface area (Å²) in [6, 6.07) is 7.57. The Kier molecular flexibility index (Phi) is 3.90. The predicted octanol–water partition coefficient (Wildman–Crippen LogP) is 4.83. The summed E-state index contributed by atoms with van der Waals surface area (Å²) in [5, 5.41) is 3.81. The van der Waals surface area contributed by atoms with Crippen molar-refractivity contribution >= 4 is 11.4 Å². The van der Waals surface area contributed by atoms with E-state index in [0.717, 1.165) is 5.92 Å². The lowest BCUT2D eigenvalue weighted by molar-refractivity contribution is 0.366. The Morgan fingerprint density at radius 1 is 1.14 bits per heavy atom. The Morgan fingerprint density at radius 2 is 1.86 bits per heavy atom. The summed E-state index contributed by atoms with van der Waals surface area (Å²) in [6.45, 7) is 11.9. The average molecular weight is 286 g/mol. The molecule has 1 aromatic carbocycles. The standard InChI is InChI=1S/C19H30N2/c1-14-11-16(21-9-5-6-10-21)7-8-17(14)20-18-13-19(3,4)12-15(18)2/h7-8,11,15,18,20H,5-6,9-10,12-13H2,1-4H3. The average Bonchev–Trinajstić information content (AvgIpc) is 3.00. The highest BCUT2D eigenvalue weighted by Crippen LogP contribution is 2.42. The van der Waals surface area contributed by atoms with Crippen LogP contribution in [-0.2, 0) is 0 Å². The highest BCUT2D eigenvalue weighted by molar-refractivity contribution is 5.61. The lowest BCUT2D eigenvalue weighted by Gasteiger charge is -2.23. The van der Waals surface area contributed by atoms with Crippen LogP contribution in [0.2, 0.25) is 0 Å². The number of benzene rings is 1.